The van der Waals surface area contributed by atoms with Gasteiger partial charge in [-0.2, -0.15) is 4.98 Å². The van der Waals surface area contributed by atoms with Gasteiger partial charge < -0.3 is 15.2 Å². The topological polar surface area (TPSA) is 70.3 Å². The van der Waals surface area contributed by atoms with Crippen LogP contribution in [0.1, 0.15) is 32.0 Å². The first-order chi connectivity index (χ1) is 7.58. The van der Waals surface area contributed by atoms with Crippen LogP contribution in [-0.2, 0) is 0 Å². The Labute approximate surface area is 96.0 Å². The van der Waals surface area contributed by atoms with Gasteiger partial charge in [-0.25, -0.2) is 4.98 Å². The summed E-state index contributed by atoms with van der Waals surface area (Å²) in [6.07, 6.45) is 2.40. The Bertz CT molecular complexity index is 342. The molecular formula is C11H19N3O2. The largest absolute Gasteiger partial charge is 0.480 e. The number of nitrogens with two attached hydrogens (primary N) is 1. The van der Waals surface area contributed by atoms with Crippen LogP contribution in [0.15, 0.2) is 6.20 Å². The van der Waals surface area contributed by atoms with Crippen LogP contribution in [0.2, 0.25) is 0 Å². The maximum absolute atomic E-state index is 6.04. The van der Waals surface area contributed by atoms with Crippen LogP contribution >= 0.6 is 0 Å². The van der Waals surface area contributed by atoms with Crippen LogP contribution in [-0.4, -0.2) is 24.2 Å². The van der Waals surface area contributed by atoms with Crippen molar-refractivity contribution >= 4 is 0 Å². The molecule has 1 atom stereocenters. The molecular weight excluding hydrogens is 206 g/mol. The standard InChI is InChI=1S/C11H19N3O2/c1-7(2)5-8(12)10-11(16-4)14-9(15-3)6-13-10/h6-8H,5,12H2,1-4H3. The zero-order valence-corrected chi connectivity index (χ0v) is 10.2. The third-order valence-corrected chi connectivity index (χ3v) is 2.22. The minimum atomic E-state index is -0.159. The average Bonchev–Trinajstić information content (AvgIpc) is 2.27. The minimum absolute atomic E-state index is 0.159. The molecule has 0 aliphatic heterocycles. The molecule has 5 nitrogen and oxygen atoms in total. The molecule has 1 aromatic rings. The molecule has 1 heterocycles. The second-order valence-electron chi connectivity index (χ2n) is 4.04. The maximum atomic E-state index is 6.04. The van der Waals surface area contributed by atoms with Crippen molar-refractivity contribution in [2.45, 2.75) is 26.3 Å². The number of rotatable bonds is 5. The normalized spacial score (nSPS) is 12.6. The zero-order chi connectivity index (χ0) is 12.1. The third kappa shape index (κ3) is 3.06. The molecule has 0 amide bonds. The SMILES string of the molecule is COc1cnc(C(N)CC(C)C)c(OC)n1. The number of aromatic nitrogens is 2. The lowest BCUT2D eigenvalue weighted by molar-refractivity contribution is 0.350. The minimum Gasteiger partial charge on any atom is -0.480 e. The van der Waals surface area contributed by atoms with E-state index in [9.17, 15) is 0 Å². The first kappa shape index (κ1) is 12.7. The van der Waals surface area contributed by atoms with Gasteiger partial charge >= 0.3 is 0 Å². The number of ether oxygens (including phenoxy) is 2. The first-order valence-electron chi connectivity index (χ1n) is 5.29. The molecule has 1 rings (SSSR count). The molecule has 0 spiro atoms. The molecule has 1 aromatic heterocycles. The van der Waals surface area contributed by atoms with E-state index in [0.29, 0.717) is 23.4 Å². The summed E-state index contributed by atoms with van der Waals surface area (Å²) < 4.78 is 10.1. The Morgan fingerprint density at radius 3 is 2.50 bits per heavy atom. The van der Waals surface area contributed by atoms with E-state index in [-0.39, 0.29) is 6.04 Å². The van der Waals surface area contributed by atoms with Crippen LogP contribution in [0.3, 0.4) is 0 Å². The highest BCUT2D eigenvalue weighted by atomic mass is 16.5. The van der Waals surface area contributed by atoms with Crippen LogP contribution in [0.25, 0.3) is 0 Å². The Hall–Kier alpha value is -1.36. The molecule has 0 radical (unpaired) electrons. The van der Waals surface area contributed by atoms with E-state index in [2.05, 4.69) is 23.8 Å². The molecule has 0 fully saturated rings. The fourth-order valence-electron chi connectivity index (χ4n) is 1.49. The molecule has 0 bridgehead atoms. The summed E-state index contributed by atoms with van der Waals surface area (Å²) in [5.41, 5.74) is 6.72. The highest BCUT2D eigenvalue weighted by Gasteiger charge is 2.17. The van der Waals surface area contributed by atoms with Gasteiger partial charge in [0.15, 0.2) is 0 Å². The smallest absolute Gasteiger partial charge is 0.240 e. The van der Waals surface area contributed by atoms with Crippen LogP contribution in [0, 0.1) is 5.92 Å². The number of hydrogen-bond acceptors (Lipinski definition) is 5. The Kier molecular flexibility index (Phi) is 4.49. The van der Waals surface area contributed by atoms with E-state index in [4.69, 9.17) is 15.2 Å². The van der Waals surface area contributed by atoms with Crippen molar-refractivity contribution in [3.63, 3.8) is 0 Å². The Morgan fingerprint density at radius 1 is 1.31 bits per heavy atom. The van der Waals surface area contributed by atoms with Gasteiger partial charge in [-0.3, -0.25) is 0 Å². The van der Waals surface area contributed by atoms with Gasteiger partial charge in [0, 0.05) is 0 Å². The number of methoxy groups -OCH3 is 2. The quantitative estimate of drug-likeness (QED) is 0.823. The zero-order valence-electron chi connectivity index (χ0n) is 10.2. The lowest BCUT2D eigenvalue weighted by atomic mass is 10.0. The van der Waals surface area contributed by atoms with E-state index < -0.39 is 0 Å². The summed E-state index contributed by atoms with van der Waals surface area (Å²) >= 11 is 0. The van der Waals surface area contributed by atoms with Gasteiger partial charge in [0.25, 0.3) is 0 Å². The predicted octanol–water partition coefficient (Wildman–Crippen LogP) is 1.54. The molecule has 90 valence electrons. The van der Waals surface area contributed by atoms with E-state index in [0.717, 1.165) is 6.42 Å². The molecule has 0 aliphatic rings. The van der Waals surface area contributed by atoms with Gasteiger partial charge in [-0.1, -0.05) is 13.8 Å². The summed E-state index contributed by atoms with van der Waals surface area (Å²) in [7, 11) is 3.09. The van der Waals surface area contributed by atoms with Crippen molar-refractivity contribution in [1.82, 2.24) is 9.97 Å². The summed E-state index contributed by atoms with van der Waals surface area (Å²) in [5, 5.41) is 0. The van der Waals surface area contributed by atoms with Crippen molar-refractivity contribution in [1.29, 1.82) is 0 Å². The molecule has 16 heavy (non-hydrogen) atoms. The number of hydrogen-bond donors (Lipinski definition) is 1. The summed E-state index contributed by atoms with van der Waals surface area (Å²) in [4.78, 5) is 8.39. The molecule has 0 saturated carbocycles. The van der Waals surface area contributed by atoms with Crippen LogP contribution in [0.4, 0.5) is 0 Å². The molecule has 2 N–H and O–H groups in total. The maximum Gasteiger partial charge on any atom is 0.240 e. The fraction of sp³-hybridized carbons (Fsp3) is 0.636. The van der Waals surface area contributed by atoms with Crippen molar-refractivity contribution in [3.05, 3.63) is 11.9 Å². The van der Waals surface area contributed by atoms with E-state index in [1.54, 1.807) is 13.3 Å². The summed E-state index contributed by atoms with van der Waals surface area (Å²) in [6.45, 7) is 4.23. The van der Waals surface area contributed by atoms with Crippen LogP contribution < -0.4 is 15.2 Å². The van der Waals surface area contributed by atoms with Gasteiger partial charge in [0.05, 0.1) is 26.5 Å². The highest BCUT2D eigenvalue weighted by Crippen LogP contribution is 2.25. The summed E-state index contributed by atoms with van der Waals surface area (Å²) in [5.74, 6) is 1.37. The highest BCUT2D eigenvalue weighted by molar-refractivity contribution is 5.25. The van der Waals surface area contributed by atoms with Crippen molar-refractivity contribution < 1.29 is 9.47 Å². The Morgan fingerprint density at radius 2 is 2.00 bits per heavy atom. The second-order valence-corrected chi connectivity index (χ2v) is 4.04. The van der Waals surface area contributed by atoms with Crippen molar-refractivity contribution in [2.75, 3.05) is 14.2 Å². The first-order valence-corrected chi connectivity index (χ1v) is 5.29. The van der Waals surface area contributed by atoms with Gasteiger partial charge in [0.2, 0.25) is 11.8 Å². The van der Waals surface area contributed by atoms with E-state index in [1.807, 2.05) is 0 Å². The molecule has 1 unspecified atom stereocenters. The van der Waals surface area contributed by atoms with E-state index in [1.165, 1.54) is 7.11 Å². The molecule has 0 aliphatic carbocycles. The van der Waals surface area contributed by atoms with Gasteiger partial charge in [0.1, 0.15) is 5.69 Å². The van der Waals surface area contributed by atoms with E-state index >= 15 is 0 Å². The molecule has 0 saturated heterocycles. The fourth-order valence-corrected chi connectivity index (χ4v) is 1.49. The Balaban J connectivity index is 2.94. The third-order valence-electron chi connectivity index (χ3n) is 2.22. The molecule has 0 aromatic carbocycles. The van der Waals surface area contributed by atoms with Crippen LogP contribution in [0.5, 0.6) is 11.8 Å². The van der Waals surface area contributed by atoms with Gasteiger partial charge in [-0.05, 0) is 12.3 Å². The lowest BCUT2D eigenvalue weighted by Crippen LogP contribution is -2.16. The average molecular weight is 225 g/mol. The number of nitrogens with zero attached hydrogens (tertiary/aromatic N) is 2. The summed E-state index contributed by atoms with van der Waals surface area (Å²) in [6, 6.07) is -0.159. The van der Waals surface area contributed by atoms with Crippen molar-refractivity contribution in [2.24, 2.45) is 11.7 Å². The van der Waals surface area contributed by atoms with Gasteiger partial charge in [-0.15, -0.1) is 0 Å². The van der Waals surface area contributed by atoms with Crippen molar-refractivity contribution in [3.8, 4) is 11.8 Å². The monoisotopic (exact) mass is 225 g/mol. The lowest BCUT2D eigenvalue weighted by Gasteiger charge is -2.15. The predicted molar refractivity (Wildman–Crippen MR) is 61.5 cm³/mol. The molecule has 5 heteroatoms. The second kappa shape index (κ2) is 5.65.